The number of nitrogens with one attached hydrogen (secondary N) is 3. The maximum Gasteiger partial charge on any atom is 0.328 e. The van der Waals surface area contributed by atoms with Crippen LogP contribution in [0.4, 0.5) is 4.79 Å². The van der Waals surface area contributed by atoms with Crippen LogP contribution < -0.4 is 20.1 Å². The number of benzene rings is 1. The molecule has 3 amide bonds. The standard InChI is InChI=1S/C19H25N3O5S2/c1-5-27-15-7-6-13(10-16(15)29(25,26)22-18(24)20-4)11-17(23)21-19(2,3)14-8-9-28-12-14/h6-10,12H,5,11H2,1-4H3,(H,21,23)(H2,20,22,24). The Labute approximate surface area is 174 Å². The molecule has 0 unspecified atom stereocenters. The van der Waals surface area contributed by atoms with E-state index in [1.165, 1.54) is 19.2 Å². The number of carbonyl (C=O) groups is 2. The molecular formula is C19H25N3O5S2. The molecule has 2 aromatic rings. The zero-order valence-electron chi connectivity index (χ0n) is 16.7. The first-order chi connectivity index (χ1) is 13.6. The summed E-state index contributed by atoms with van der Waals surface area (Å²) in [5, 5.41) is 9.05. The number of hydrogen-bond acceptors (Lipinski definition) is 6. The minimum Gasteiger partial charge on any atom is -0.492 e. The van der Waals surface area contributed by atoms with E-state index in [-0.39, 0.29) is 29.6 Å². The Kier molecular flexibility index (Phi) is 7.26. The molecule has 0 aliphatic rings. The number of urea groups is 1. The van der Waals surface area contributed by atoms with Gasteiger partial charge in [-0.25, -0.2) is 17.9 Å². The highest BCUT2D eigenvalue weighted by Crippen LogP contribution is 2.26. The summed E-state index contributed by atoms with van der Waals surface area (Å²) in [6, 6.07) is 5.52. The third-order valence-corrected chi connectivity index (χ3v) is 6.15. The van der Waals surface area contributed by atoms with Crippen LogP contribution in [0.25, 0.3) is 0 Å². The molecule has 1 heterocycles. The lowest BCUT2D eigenvalue weighted by molar-refractivity contribution is -0.122. The molecule has 29 heavy (non-hydrogen) atoms. The van der Waals surface area contributed by atoms with Crippen LogP contribution in [0.1, 0.15) is 31.9 Å². The lowest BCUT2D eigenvalue weighted by Crippen LogP contribution is -2.41. The summed E-state index contributed by atoms with van der Waals surface area (Å²) in [6.07, 6.45) is -0.0253. The fourth-order valence-electron chi connectivity index (χ4n) is 2.65. The van der Waals surface area contributed by atoms with Crippen LogP contribution in [0.15, 0.2) is 39.9 Å². The second-order valence-corrected chi connectivity index (χ2v) is 9.19. The van der Waals surface area contributed by atoms with E-state index in [0.717, 1.165) is 5.56 Å². The predicted molar refractivity (Wildman–Crippen MR) is 112 cm³/mol. The number of ether oxygens (including phenoxy) is 1. The van der Waals surface area contributed by atoms with E-state index in [9.17, 15) is 18.0 Å². The smallest absolute Gasteiger partial charge is 0.328 e. The average molecular weight is 440 g/mol. The molecule has 0 radical (unpaired) electrons. The SMILES string of the molecule is CCOc1ccc(CC(=O)NC(C)(C)c2ccsc2)cc1S(=O)(=O)NC(=O)NC. The summed E-state index contributed by atoms with van der Waals surface area (Å²) < 4.78 is 32.4. The lowest BCUT2D eigenvalue weighted by Gasteiger charge is -2.25. The zero-order valence-corrected chi connectivity index (χ0v) is 18.4. The lowest BCUT2D eigenvalue weighted by atomic mass is 9.97. The molecule has 3 N–H and O–H groups in total. The number of sulfonamides is 1. The summed E-state index contributed by atoms with van der Waals surface area (Å²) in [5.41, 5.74) is 0.905. The molecule has 0 aliphatic heterocycles. The van der Waals surface area contributed by atoms with E-state index in [0.29, 0.717) is 5.56 Å². The largest absolute Gasteiger partial charge is 0.492 e. The van der Waals surface area contributed by atoms with Crippen molar-refractivity contribution in [2.45, 2.75) is 37.6 Å². The van der Waals surface area contributed by atoms with Gasteiger partial charge in [0.2, 0.25) is 5.91 Å². The van der Waals surface area contributed by atoms with Gasteiger partial charge in [-0.1, -0.05) is 6.07 Å². The van der Waals surface area contributed by atoms with E-state index in [1.807, 2.05) is 35.4 Å². The monoisotopic (exact) mass is 439 g/mol. The van der Waals surface area contributed by atoms with Crippen LogP contribution in [-0.4, -0.2) is 34.0 Å². The van der Waals surface area contributed by atoms with Crippen molar-refractivity contribution in [3.8, 4) is 5.75 Å². The number of rotatable bonds is 8. The topological polar surface area (TPSA) is 114 Å². The molecule has 10 heteroatoms. The van der Waals surface area contributed by atoms with Gasteiger partial charge in [-0.3, -0.25) is 4.79 Å². The maximum atomic E-state index is 12.6. The van der Waals surface area contributed by atoms with Crippen LogP contribution >= 0.6 is 11.3 Å². The second kappa shape index (κ2) is 9.27. The Hall–Kier alpha value is -2.59. The fourth-order valence-corrected chi connectivity index (χ4v) is 4.62. The zero-order chi connectivity index (χ0) is 21.7. The fraction of sp³-hybridized carbons (Fsp3) is 0.368. The number of hydrogen-bond donors (Lipinski definition) is 3. The van der Waals surface area contributed by atoms with Crippen LogP contribution in [0, 0.1) is 0 Å². The summed E-state index contributed by atoms with van der Waals surface area (Å²) in [7, 11) is -2.86. The van der Waals surface area contributed by atoms with Crippen molar-refractivity contribution in [2.75, 3.05) is 13.7 Å². The maximum absolute atomic E-state index is 12.6. The van der Waals surface area contributed by atoms with Gasteiger partial charge in [0.25, 0.3) is 10.0 Å². The van der Waals surface area contributed by atoms with Crippen molar-refractivity contribution in [1.82, 2.24) is 15.4 Å². The highest BCUT2D eigenvalue weighted by atomic mass is 32.2. The number of carbonyl (C=O) groups excluding carboxylic acids is 2. The van der Waals surface area contributed by atoms with E-state index < -0.39 is 21.6 Å². The molecule has 8 nitrogen and oxygen atoms in total. The first kappa shape index (κ1) is 22.7. The van der Waals surface area contributed by atoms with Crippen LogP contribution in [0.3, 0.4) is 0 Å². The van der Waals surface area contributed by atoms with Gasteiger partial charge >= 0.3 is 6.03 Å². The van der Waals surface area contributed by atoms with Crippen molar-refractivity contribution < 1.29 is 22.7 Å². The molecular weight excluding hydrogens is 414 g/mol. The predicted octanol–water partition coefficient (Wildman–Crippen LogP) is 2.36. The Morgan fingerprint density at radius 3 is 2.52 bits per heavy atom. The molecule has 1 aromatic heterocycles. The molecule has 0 bridgehead atoms. The third-order valence-electron chi connectivity index (χ3n) is 4.11. The highest BCUT2D eigenvalue weighted by Gasteiger charge is 2.25. The van der Waals surface area contributed by atoms with Crippen LogP contribution in [0.2, 0.25) is 0 Å². The first-order valence-electron chi connectivity index (χ1n) is 8.93. The van der Waals surface area contributed by atoms with Gasteiger partial charge in [0, 0.05) is 7.05 Å². The van der Waals surface area contributed by atoms with Crippen LogP contribution in [0.5, 0.6) is 5.75 Å². The molecule has 0 atom stereocenters. The molecule has 2 rings (SSSR count). The van der Waals surface area contributed by atoms with Gasteiger partial charge in [0.15, 0.2) is 0 Å². The summed E-state index contributed by atoms with van der Waals surface area (Å²) >= 11 is 1.54. The van der Waals surface area contributed by atoms with Gasteiger partial charge in [-0.05, 0) is 60.9 Å². The molecule has 158 valence electrons. The van der Waals surface area contributed by atoms with E-state index in [1.54, 1.807) is 24.3 Å². The Morgan fingerprint density at radius 2 is 1.93 bits per heavy atom. The Morgan fingerprint density at radius 1 is 1.21 bits per heavy atom. The number of amides is 3. The number of thiophene rings is 1. The van der Waals surface area contributed by atoms with Gasteiger partial charge in [-0.2, -0.15) is 11.3 Å². The van der Waals surface area contributed by atoms with E-state index >= 15 is 0 Å². The minimum absolute atomic E-state index is 0.0253. The van der Waals surface area contributed by atoms with Crippen molar-refractivity contribution in [1.29, 1.82) is 0 Å². The summed E-state index contributed by atoms with van der Waals surface area (Å²) in [5.74, 6) is -0.153. The molecule has 0 spiro atoms. The Balaban J connectivity index is 2.25. The first-order valence-corrected chi connectivity index (χ1v) is 11.4. The van der Waals surface area contributed by atoms with Crippen molar-refractivity contribution in [3.05, 3.63) is 46.2 Å². The van der Waals surface area contributed by atoms with Crippen LogP contribution in [-0.2, 0) is 26.8 Å². The quantitative estimate of drug-likeness (QED) is 0.584. The second-order valence-electron chi connectivity index (χ2n) is 6.76. The summed E-state index contributed by atoms with van der Waals surface area (Å²) in [6.45, 7) is 5.76. The third kappa shape index (κ3) is 5.94. The van der Waals surface area contributed by atoms with Crippen molar-refractivity contribution >= 4 is 33.3 Å². The van der Waals surface area contributed by atoms with E-state index in [2.05, 4.69) is 10.6 Å². The highest BCUT2D eigenvalue weighted by molar-refractivity contribution is 7.90. The molecule has 0 saturated carbocycles. The van der Waals surface area contributed by atoms with Gasteiger partial charge in [-0.15, -0.1) is 0 Å². The van der Waals surface area contributed by atoms with Gasteiger partial charge in [0.05, 0.1) is 18.6 Å². The van der Waals surface area contributed by atoms with Gasteiger partial charge < -0.3 is 15.4 Å². The molecule has 0 aliphatic carbocycles. The normalized spacial score (nSPS) is 11.6. The van der Waals surface area contributed by atoms with Crippen molar-refractivity contribution in [2.24, 2.45) is 0 Å². The van der Waals surface area contributed by atoms with Gasteiger partial charge in [0.1, 0.15) is 10.6 Å². The molecule has 1 aromatic carbocycles. The molecule has 0 saturated heterocycles. The average Bonchev–Trinajstić information content (AvgIpc) is 3.18. The van der Waals surface area contributed by atoms with Crippen molar-refractivity contribution in [3.63, 3.8) is 0 Å². The summed E-state index contributed by atoms with van der Waals surface area (Å²) in [4.78, 5) is 23.8. The molecule has 0 fully saturated rings. The van der Waals surface area contributed by atoms with E-state index in [4.69, 9.17) is 4.74 Å². The Bertz CT molecular complexity index is 970. The minimum atomic E-state index is -4.17.